The molecule has 182 valence electrons. The Morgan fingerprint density at radius 2 is 1.33 bits per heavy atom. The van der Waals surface area contributed by atoms with E-state index in [-0.39, 0.29) is 25.0 Å². The molecule has 0 fully saturated rings. The summed E-state index contributed by atoms with van der Waals surface area (Å²) in [5.74, 6) is 0.0207. The Morgan fingerprint density at radius 3 is 1.97 bits per heavy atom. The van der Waals surface area contributed by atoms with Gasteiger partial charge in [-0.05, 0) is 41.0 Å². The fraction of sp³-hybridized carbons (Fsp3) is 0.133. The van der Waals surface area contributed by atoms with Gasteiger partial charge in [-0.1, -0.05) is 103 Å². The predicted molar refractivity (Wildman–Crippen MR) is 141 cm³/mol. The zero-order chi connectivity index (χ0) is 25.2. The fourth-order valence-electron chi connectivity index (χ4n) is 3.84. The maximum absolute atomic E-state index is 13.6. The molecule has 0 saturated heterocycles. The molecular formula is C30H27ClN2O3. The Kier molecular flexibility index (Phi) is 8.73. The number of rotatable bonds is 10. The van der Waals surface area contributed by atoms with Gasteiger partial charge in [-0.3, -0.25) is 9.59 Å². The molecule has 0 heterocycles. The van der Waals surface area contributed by atoms with E-state index < -0.39 is 6.04 Å². The fourth-order valence-corrected chi connectivity index (χ4v) is 3.97. The van der Waals surface area contributed by atoms with Crippen molar-refractivity contribution in [2.45, 2.75) is 19.1 Å². The van der Waals surface area contributed by atoms with Crippen LogP contribution in [-0.4, -0.2) is 23.3 Å². The van der Waals surface area contributed by atoms with Gasteiger partial charge in [-0.2, -0.15) is 0 Å². The van der Waals surface area contributed by atoms with E-state index in [1.165, 1.54) is 0 Å². The molecule has 0 radical (unpaired) electrons. The number of halogens is 1. The van der Waals surface area contributed by atoms with Gasteiger partial charge in [0.05, 0.1) is 0 Å². The van der Waals surface area contributed by atoms with Crippen LogP contribution in [0.25, 0.3) is 0 Å². The average Bonchev–Trinajstić information content (AvgIpc) is 2.93. The van der Waals surface area contributed by atoms with E-state index in [0.29, 0.717) is 17.3 Å². The van der Waals surface area contributed by atoms with Crippen LogP contribution in [0.15, 0.2) is 115 Å². The van der Waals surface area contributed by atoms with E-state index >= 15 is 0 Å². The molecule has 1 N–H and O–H groups in total. The van der Waals surface area contributed by atoms with E-state index in [4.69, 9.17) is 16.3 Å². The van der Waals surface area contributed by atoms with Crippen molar-refractivity contribution in [2.75, 3.05) is 6.61 Å². The van der Waals surface area contributed by atoms with Gasteiger partial charge in [0.15, 0.2) is 6.61 Å². The molecule has 6 heteroatoms. The summed E-state index contributed by atoms with van der Waals surface area (Å²) in [5.41, 5.74) is 2.54. The number of ether oxygens (including phenoxy) is 1. The van der Waals surface area contributed by atoms with Gasteiger partial charge in [-0.25, -0.2) is 0 Å². The summed E-state index contributed by atoms with van der Waals surface area (Å²) in [7, 11) is 0. The lowest BCUT2D eigenvalue weighted by molar-refractivity contribution is -0.143. The Balaban J connectivity index is 1.61. The van der Waals surface area contributed by atoms with Crippen LogP contribution < -0.4 is 10.1 Å². The molecule has 4 rings (SSSR count). The van der Waals surface area contributed by atoms with Crippen molar-refractivity contribution in [3.8, 4) is 5.75 Å². The van der Waals surface area contributed by atoms with Crippen molar-refractivity contribution in [2.24, 2.45) is 0 Å². The highest BCUT2D eigenvalue weighted by molar-refractivity contribution is 6.30. The Morgan fingerprint density at radius 1 is 0.750 bits per heavy atom. The van der Waals surface area contributed by atoms with Gasteiger partial charge in [0, 0.05) is 18.1 Å². The first-order valence-electron chi connectivity index (χ1n) is 11.7. The van der Waals surface area contributed by atoms with Gasteiger partial charge in [0.2, 0.25) is 5.91 Å². The third-order valence-corrected chi connectivity index (χ3v) is 5.93. The first kappa shape index (κ1) is 25.0. The molecule has 0 saturated carbocycles. The molecule has 2 amide bonds. The molecular weight excluding hydrogens is 472 g/mol. The van der Waals surface area contributed by atoms with Crippen LogP contribution in [0.4, 0.5) is 0 Å². The van der Waals surface area contributed by atoms with E-state index in [0.717, 1.165) is 16.7 Å². The largest absolute Gasteiger partial charge is 0.484 e. The highest BCUT2D eigenvalue weighted by Gasteiger charge is 2.31. The molecule has 0 spiro atoms. The van der Waals surface area contributed by atoms with Crippen molar-refractivity contribution in [1.82, 2.24) is 10.2 Å². The number of hydrogen-bond acceptors (Lipinski definition) is 3. The summed E-state index contributed by atoms with van der Waals surface area (Å²) in [4.78, 5) is 28.8. The van der Waals surface area contributed by atoms with Crippen molar-refractivity contribution in [3.63, 3.8) is 0 Å². The van der Waals surface area contributed by atoms with Crippen LogP contribution in [0.5, 0.6) is 5.75 Å². The minimum atomic E-state index is -0.842. The molecule has 0 aromatic heterocycles. The Hall–Kier alpha value is -4.09. The first-order valence-corrected chi connectivity index (χ1v) is 12.1. The smallest absolute Gasteiger partial charge is 0.261 e. The first-order chi connectivity index (χ1) is 17.6. The Bertz CT molecular complexity index is 1250. The van der Waals surface area contributed by atoms with Crippen molar-refractivity contribution >= 4 is 23.4 Å². The molecule has 4 aromatic carbocycles. The normalized spacial score (nSPS) is 11.4. The number of carbonyl (C=O) groups excluding carboxylic acids is 2. The summed E-state index contributed by atoms with van der Waals surface area (Å²) >= 11 is 5.99. The lowest BCUT2D eigenvalue weighted by Gasteiger charge is -2.31. The quantitative estimate of drug-likeness (QED) is 0.300. The molecule has 0 bridgehead atoms. The predicted octanol–water partition coefficient (Wildman–Crippen LogP) is 5.81. The number of para-hydroxylation sites is 1. The van der Waals surface area contributed by atoms with Crippen molar-refractivity contribution in [3.05, 3.63) is 137 Å². The topological polar surface area (TPSA) is 58.6 Å². The minimum Gasteiger partial charge on any atom is -0.484 e. The van der Waals surface area contributed by atoms with Crippen LogP contribution in [0, 0.1) is 0 Å². The van der Waals surface area contributed by atoms with Crippen molar-refractivity contribution in [1.29, 1.82) is 0 Å². The molecule has 0 aliphatic rings. The summed E-state index contributed by atoms with van der Waals surface area (Å²) in [6, 6.07) is 34.5. The zero-order valence-corrected chi connectivity index (χ0v) is 20.5. The molecule has 4 aromatic rings. The number of carbonyl (C=O) groups is 2. The van der Waals surface area contributed by atoms with E-state index in [2.05, 4.69) is 5.32 Å². The van der Waals surface area contributed by atoms with Crippen molar-refractivity contribution < 1.29 is 14.3 Å². The summed E-state index contributed by atoms with van der Waals surface area (Å²) in [5, 5.41) is 3.63. The molecule has 1 unspecified atom stereocenters. The lowest BCUT2D eigenvalue weighted by Crippen LogP contribution is -2.45. The van der Waals surface area contributed by atoms with Gasteiger partial charge in [0.1, 0.15) is 11.8 Å². The van der Waals surface area contributed by atoms with Crippen LogP contribution in [0.1, 0.15) is 22.7 Å². The summed E-state index contributed by atoms with van der Waals surface area (Å²) < 4.78 is 5.76. The van der Waals surface area contributed by atoms with E-state index in [9.17, 15) is 9.59 Å². The SMILES string of the molecule is O=C(NCc1ccc(Cl)cc1)C(c1ccccc1)N(Cc1ccccc1)C(=O)COc1ccccc1. The number of amides is 2. The number of nitrogens with one attached hydrogen (secondary N) is 1. The molecule has 36 heavy (non-hydrogen) atoms. The second-order valence-corrected chi connectivity index (χ2v) is 8.70. The highest BCUT2D eigenvalue weighted by atomic mass is 35.5. The standard InChI is InChI=1S/C30H27ClN2O3/c31-26-18-16-23(17-19-26)20-32-30(35)29(25-12-6-2-7-13-25)33(21-24-10-4-1-5-11-24)28(34)22-36-27-14-8-3-9-15-27/h1-19,29H,20-22H2,(H,32,35). The number of benzene rings is 4. The molecule has 1 atom stereocenters. The summed E-state index contributed by atoms with van der Waals surface area (Å²) in [6.07, 6.45) is 0. The maximum Gasteiger partial charge on any atom is 0.261 e. The lowest BCUT2D eigenvalue weighted by atomic mass is 10.0. The zero-order valence-electron chi connectivity index (χ0n) is 19.7. The van der Waals surface area contributed by atoms with E-state index in [1.54, 1.807) is 29.2 Å². The molecule has 0 aliphatic carbocycles. The van der Waals surface area contributed by atoms with E-state index in [1.807, 2.05) is 91.0 Å². The van der Waals surface area contributed by atoms with Crippen LogP contribution >= 0.6 is 11.6 Å². The Labute approximate surface area is 216 Å². The summed E-state index contributed by atoms with van der Waals surface area (Å²) in [6.45, 7) is 0.379. The molecule has 0 aliphatic heterocycles. The van der Waals surface area contributed by atoms with Gasteiger partial charge in [0.25, 0.3) is 5.91 Å². The third-order valence-electron chi connectivity index (χ3n) is 5.68. The second kappa shape index (κ2) is 12.6. The van der Waals surface area contributed by atoms with Crippen LogP contribution in [0.3, 0.4) is 0 Å². The average molecular weight is 499 g/mol. The second-order valence-electron chi connectivity index (χ2n) is 8.27. The monoisotopic (exact) mass is 498 g/mol. The maximum atomic E-state index is 13.6. The van der Waals surface area contributed by atoms with Crippen LogP contribution in [-0.2, 0) is 22.7 Å². The van der Waals surface area contributed by atoms with Crippen LogP contribution in [0.2, 0.25) is 5.02 Å². The van der Waals surface area contributed by atoms with Gasteiger partial charge in [-0.15, -0.1) is 0 Å². The minimum absolute atomic E-state index is 0.190. The molecule has 5 nitrogen and oxygen atoms in total. The third kappa shape index (κ3) is 6.96. The van der Waals surface area contributed by atoms with Gasteiger partial charge >= 0.3 is 0 Å². The number of hydrogen-bond donors (Lipinski definition) is 1. The van der Waals surface area contributed by atoms with Gasteiger partial charge < -0.3 is 15.0 Å². The number of nitrogens with zero attached hydrogens (tertiary/aromatic N) is 1. The highest BCUT2D eigenvalue weighted by Crippen LogP contribution is 2.25.